The van der Waals surface area contributed by atoms with Crippen LogP contribution in [-0.2, 0) is 0 Å². The van der Waals surface area contributed by atoms with E-state index in [2.05, 4.69) is 51.6 Å². The van der Waals surface area contributed by atoms with Crippen LogP contribution in [0.2, 0.25) is 0 Å². The minimum absolute atomic E-state index is 0.340. The average Bonchev–Trinajstić information content (AvgIpc) is 2.23. The van der Waals surface area contributed by atoms with Crippen molar-refractivity contribution in [3.8, 4) is 0 Å². The molecule has 1 aliphatic carbocycles. The van der Waals surface area contributed by atoms with E-state index in [1.54, 1.807) is 0 Å². The summed E-state index contributed by atoms with van der Waals surface area (Å²) >= 11 is 0. The van der Waals surface area contributed by atoms with Gasteiger partial charge in [-0.25, -0.2) is 0 Å². The third-order valence-corrected chi connectivity index (χ3v) is 4.59. The Morgan fingerprint density at radius 2 is 1.56 bits per heavy atom. The molecule has 0 saturated heterocycles. The van der Waals surface area contributed by atoms with Gasteiger partial charge < -0.3 is 0 Å². The van der Waals surface area contributed by atoms with Crippen LogP contribution in [-0.4, -0.2) is 6.54 Å². The van der Waals surface area contributed by atoms with Crippen LogP contribution in [0.5, 0.6) is 0 Å². The van der Waals surface area contributed by atoms with Crippen LogP contribution in [0.25, 0.3) is 10.4 Å². The van der Waals surface area contributed by atoms with Crippen LogP contribution in [0.4, 0.5) is 0 Å². The fraction of sp³-hybridized carbons (Fsp3) is 1.00. The zero-order valence-electron chi connectivity index (χ0n) is 12.9. The first-order valence-electron chi connectivity index (χ1n) is 7.17. The summed E-state index contributed by atoms with van der Waals surface area (Å²) in [5.41, 5.74) is 9.18. The van der Waals surface area contributed by atoms with Crippen LogP contribution in [0.1, 0.15) is 60.8 Å². The molecule has 1 aliphatic rings. The Hall–Kier alpha value is -0.690. The monoisotopic (exact) mass is 251 g/mol. The summed E-state index contributed by atoms with van der Waals surface area (Å²) in [4.78, 5) is 2.91. The first-order valence-corrected chi connectivity index (χ1v) is 7.17. The predicted molar refractivity (Wildman–Crippen MR) is 77.2 cm³/mol. The van der Waals surface area contributed by atoms with Gasteiger partial charge in [0.15, 0.2) is 0 Å². The summed E-state index contributed by atoms with van der Waals surface area (Å²) < 4.78 is 0. The molecule has 0 heterocycles. The lowest BCUT2D eigenvalue weighted by atomic mass is 9.57. The average molecular weight is 251 g/mol. The Labute approximate surface area is 112 Å². The number of azide groups is 1. The molecule has 104 valence electrons. The number of hydrogen-bond donors (Lipinski definition) is 0. The van der Waals surface area contributed by atoms with Gasteiger partial charge in [-0.05, 0) is 47.0 Å². The third-order valence-electron chi connectivity index (χ3n) is 4.59. The minimum Gasteiger partial charge on any atom is -0.0937 e. The van der Waals surface area contributed by atoms with E-state index in [0.717, 1.165) is 11.8 Å². The maximum atomic E-state index is 8.46. The molecule has 0 bridgehead atoms. The summed E-state index contributed by atoms with van der Waals surface area (Å²) in [5, 5.41) is 3.78. The van der Waals surface area contributed by atoms with Gasteiger partial charge in [0.05, 0.1) is 0 Å². The molecule has 0 spiro atoms. The Bertz CT molecular complexity index is 316. The van der Waals surface area contributed by atoms with Crippen molar-refractivity contribution in [2.24, 2.45) is 33.7 Å². The molecule has 3 atom stereocenters. The van der Waals surface area contributed by atoms with Gasteiger partial charge in [-0.2, -0.15) is 0 Å². The van der Waals surface area contributed by atoms with E-state index in [-0.39, 0.29) is 0 Å². The number of hydrogen-bond acceptors (Lipinski definition) is 1. The molecule has 0 N–H and O–H groups in total. The number of rotatable bonds is 2. The first kappa shape index (κ1) is 15.4. The fourth-order valence-corrected chi connectivity index (χ4v) is 3.57. The third kappa shape index (κ3) is 3.91. The maximum absolute atomic E-state index is 8.46. The van der Waals surface area contributed by atoms with E-state index in [1.165, 1.54) is 19.3 Å². The second-order valence-electron chi connectivity index (χ2n) is 8.04. The van der Waals surface area contributed by atoms with Crippen LogP contribution in [0.15, 0.2) is 5.11 Å². The molecule has 0 aromatic heterocycles. The SMILES string of the molecule is CC(C)(C)C1CCC(CN=[N+]=[N-])CC1C(C)(C)C. The van der Waals surface area contributed by atoms with Crippen LogP contribution >= 0.6 is 0 Å². The van der Waals surface area contributed by atoms with Crippen molar-refractivity contribution in [1.82, 2.24) is 0 Å². The van der Waals surface area contributed by atoms with Gasteiger partial charge in [0, 0.05) is 11.5 Å². The Kier molecular flexibility index (Phi) is 4.72. The molecule has 1 saturated carbocycles. The van der Waals surface area contributed by atoms with Crippen LogP contribution in [0, 0.1) is 28.6 Å². The molecule has 0 aromatic carbocycles. The highest BCUT2D eigenvalue weighted by molar-refractivity contribution is 4.92. The molecule has 0 radical (unpaired) electrons. The molecule has 0 aromatic rings. The maximum Gasteiger partial charge on any atom is 0.0286 e. The lowest BCUT2D eigenvalue weighted by molar-refractivity contribution is 0.0133. The van der Waals surface area contributed by atoms with Crippen molar-refractivity contribution in [2.45, 2.75) is 60.8 Å². The molecular weight excluding hydrogens is 222 g/mol. The molecule has 18 heavy (non-hydrogen) atoms. The van der Waals surface area contributed by atoms with Gasteiger partial charge in [0.1, 0.15) is 0 Å². The second kappa shape index (κ2) is 5.52. The van der Waals surface area contributed by atoms with Gasteiger partial charge in [-0.15, -0.1) is 0 Å². The van der Waals surface area contributed by atoms with Gasteiger partial charge >= 0.3 is 0 Å². The molecule has 3 unspecified atom stereocenters. The molecule has 1 fully saturated rings. The standard InChI is InChI=1S/C15H29N3/c1-14(2,3)12-8-7-11(10-17-18-16)9-13(12)15(4,5)6/h11-13H,7-10H2,1-6H3. The highest BCUT2D eigenvalue weighted by atomic mass is 15.1. The van der Waals surface area contributed by atoms with Crippen molar-refractivity contribution >= 4 is 0 Å². The quantitative estimate of drug-likeness (QED) is 0.357. The summed E-state index contributed by atoms with van der Waals surface area (Å²) in [7, 11) is 0. The Balaban J connectivity index is 2.83. The fourth-order valence-electron chi connectivity index (χ4n) is 3.57. The van der Waals surface area contributed by atoms with E-state index in [9.17, 15) is 0 Å². The molecule has 0 aliphatic heterocycles. The largest absolute Gasteiger partial charge is 0.0937 e. The van der Waals surface area contributed by atoms with Crippen molar-refractivity contribution in [1.29, 1.82) is 0 Å². The van der Waals surface area contributed by atoms with E-state index >= 15 is 0 Å². The minimum atomic E-state index is 0.340. The zero-order valence-corrected chi connectivity index (χ0v) is 12.9. The van der Waals surface area contributed by atoms with E-state index in [4.69, 9.17) is 5.53 Å². The van der Waals surface area contributed by atoms with Crippen LogP contribution < -0.4 is 0 Å². The predicted octanol–water partition coefficient (Wildman–Crippen LogP) is 5.42. The molecular formula is C15H29N3. The van der Waals surface area contributed by atoms with E-state index in [0.29, 0.717) is 23.3 Å². The second-order valence-corrected chi connectivity index (χ2v) is 8.04. The van der Waals surface area contributed by atoms with Crippen molar-refractivity contribution in [2.75, 3.05) is 6.54 Å². The van der Waals surface area contributed by atoms with Crippen molar-refractivity contribution in [3.63, 3.8) is 0 Å². The van der Waals surface area contributed by atoms with Gasteiger partial charge in [0.2, 0.25) is 0 Å². The summed E-state index contributed by atoms with van der Waals surface area (Å²) in [6.45, 7) is 14.8. The van der Waals surface area contributed by atoms with E-state index < -0.39 is 0 Å². The van der Waals surface area contributed by atoms with Gasteiger partial charge in [0.25, 0.3) is 0 Å². The summed E-state index contributed by atoms with van der Waals surface area (Å²) in [5.74, 6) is 2.09. The Morgan fingerprint density at radius 1 is 1.00 bits per heavy atom. The molecule has 0 amide bonds. The molecule has 3 nitrogen and oxygen atoms in total. The van der Waals surface area contributed by atoms with Crippen molar-refractivity contribution < 1.29 is 0 Å². The van der Waals surface area contributed by atoms with Gasteiger partial charge in [-0.3, -0.25) is 0 Å². The highest BCUT2D eigenvalue weighted by Crippen LogP contribution is 2.50. The van der Waals surface area contributed by atoms with E-state index in [1.807, 2.05) is 0 Å². The first-order chi connectivity index (χ1) is 8.16. The topological polar surface area (TPSA) is 48.8 Å². The zero-order chi connectivity index (χ0) is 14.0. The Morgan fingerprint density at radius 3 is 2.00 bits per heavy atom. The molecule has 3 heteroatoms. The lowest BCUT2D eigenvalue weighted by Gasteiger charge is -2.48. The molecule has 1 rings (SSSR count). The normalized spacial score (nSPS) is 29.8. The highest BCUT2D eigenvalue weighted by Gasteiger charge is 2.42. The van der Waals surface area contributed by atoms with Crippen LogP contribution in [0.3, 0.4) is 0 Å². The summed E-state index contributed by atoms with van der Waals surface area (Å²) in [6.07, 6.45) is 3.70. The number of nitrogens with zero attached hydrogens (tertiary/aromatic N) is 3. The van der Waals surface area contributed by atoms with Gasteiger partial charge in [-0.1, -0.05) is 53.1 Å². The lowest BCUT2D eigenvalue weighted by Crippen LogP contribution is -2.41. The smallest absolute Gasteiger partial charge is 0.0286 e. The van der Waals surface area contributed by atoms with Crippen molar-refractivity contribution in [3.05, 3.63) is 10.4 Å². The summed E-state index contributed by atoms with van der Waals surface area (Å²) in [6, 6.07) is 0.